The van der Waals surface area contributed by atoms with Gasteiger partial charge in [0.05, 0.1) is 12.6 Å². The van der Waals surface area contributed by atoms with Gasteiger partial charge in [0.25, 0.3) is 0 Å². The van der Waals surface area contributed by atoms with E-state index in [2.05, 4.69) is 17.0 Å². The lowest BCUT2D eigenvalue weighted by atomic mass is 10.0. The fourth-order valence-corrected chi connectivity index (χ4v) is 2.79. The number of rotatable bonds is 4. The van der Waals surface area contributed by atoms with E-state index < -0.39 is 0 Å². The number of likely N-dealkylation sites (N-methyl/N-ethyl adjacent to an activating group) is 1. The first kappa shape index (κ1) is 13.9. The summed E-state index contributed by atoms with van der Waals surface area (Å²) in [7, 11) is 1.98. The fourth-order valence-electron chi connectivity index (χ4n) is 2.79. The Hall–Kier alpha value is -2.07. The van der Waals surface area contributed by atoms with Gasteiger partial charge < -0.3 is 15.4 Å². The van der Waals surface area contributed by atoms with Gasteiger partial charge in [0.1, 0.15) is 11.6 Å². The van der Waals surface area contributed by atoms with E-state index in [1.165, 1.54) is 17.7 Å². The summed E-state index contributed by atoms with van der Waals surface area (Å²) in [6.45, 7) is 1.24. The zero-order valence-electron chi connectivity index (χ0n) is 12.1. The minimum Gasteiger partial charge on any atom is -0.493 e. The molecule has 2 aromatic carbocycles. The summed E-state index contributed by atoms with van der Waals surface area (Å²) in [5.41, 5.74) is 9.31. The third kappa shape index (κ3) is 2.72. The highest BCUT2D eigenvalue weighted by molar-refractivity contribution is 5.50. The van der Waals surface area contributed by atoms with E-state index in [-0.39, 0.29) is 11.9 Å². The Kier molecular flexibility index (Phi) is 3.80. The van der Waals surface area contributed by atoms with Crippen molar-refractivity contribution in [1.82, 2.24) is 0 Å². The van der Waals surface area contributed by atoms with E-state index in [1.807, 2.05) is 13.1 Å². The van der Waals surface area contributed by atoms with Crippen LogP contribution in [0.5, 0.6) is 5.75 Å². The van der Waals surface area contributed by atoms with Gasteiger partial charge in [-0.15, -0.1) is 0 Å². The lowest BCUT2D eigenvalue weighted by molar-refractivity contribution is 0.357. The van der Waals surface area contributed by atoms with E-state index in [1.54, 1.807) is 12.1 Å². The van der Waals surface area contributed by atoms with Crippen LogP contribution >= 0.6 is 0 Å². The van der Waals surface area contributed by atoms with Crippen LogP contribution in [-0.2, 0) is 6.42 Å². The number of halogens is 1. The predicted molar refractivity (Wildman–Crippen MR) is 82.2 cm³/mol. The van der Waals surface area contributed by atoms with Gasteiger partial charge in [0, 0.05) is 25.7 Å². The molecule has 110 valence electrons. The van der Waals surface area contributed by atoms with Gasteiger partial charge in [-0.3, -0.25) is 0 Å². The lowest BCUT2D eigenvalue weighted by Crippen LogP contribution is -2.30. The maximum atomic E-state index is 13.0. The second-order valence-corrected chi connectivity index (χ2v) is 5.30. The summed E-state index contributed by atoms with van der Waals surface area (Å²) < 4.78 is 18.6. The zero-order chi connectivity index (χ0) is 14.8. The Morgan fingerprint density at radius 1 is 1.24 bits per heavy atom. The molecule has 0 bridgehead atoms. The van der Waals surface area contributed by atoms with Gasteiger partial charge in [-0.25, -0.2) is 4.39 Å². The number of anilines is 1. The smallest absolute Gasteiger partial charge is 0.123 e. The zero-order valence-corrected chi connectivity index (χ0v) is 12.1. The molecule has 1 unspecified atom stereocenters. The van der Waals surface area contributed by atoms with Gasteiger partial charge in [0.2, 0.25) is 0 Å². The van der Waals surface area contributed by atoms with E-state index in [0.29, 0.717) is 6.54 Å². The standard InChI is InChI=1S/C17H19FN2O/c1-20(15-5-3-14(18)4-6-15)16(11-19)12-2-7-17-13(10-12)8-9-21-17/h2-7,10,16H,8-9,11,19H2,1H3. The Morgan fingerprint density at radius 2 is 2.00 bits per heavy atom. The number of fused-ring (bicyclic) bond motifs is 1. The number of benzene rings is 2. The van der Waals surface area contributed by atoms with Crippen LogP contribution in [0.1, 0.15) is 17.2 Å². The van der Waals surface area contributed by atoms with Crippen LogP contribution in [0.25, 0.3) is 0 Å². The van der Waals surface area contributed by atoms with Gasteiger partial charge >= 0.3 is 0 Å². The molecule has 0 aromatic heterocycles. The summed E-state index contributed by atoms with van der Waals surface area (Å²) in [5, 5.41) is 0. The number of nitrogens with zero attached hydrogens (tertiary/aromatic N) is 1. The number of hydrogen-bond donors (Lipinski definition) is 1. The second-order valence-electron chi connectivity index (χ2n) is 5.30. The van der Waals surface area contributed by atoms with Crippen molar-refractivity contribution in [2.24, 2.45) is 5.73 Å². The molecular formula is C17H19FN2O. The van der Waals surface area contributed by atoms with Crippen molar-refractivity contribution in [2.45, 2.75) is 12.5 Å². The van der Waals surface area contributed by atoms with E-state index >= 15 is 0 Å². The minimum absolute atomic E-state index is 0.0568. The Balaban J connectivity index is 1.88. The Labute approximate surface area is 124 Å². The molecule has 1 aliphatic heterocycles. The first-order chi connectivity index (χ1) is 10.2. The molecule has 1 atom stereocenters. The Bertz CT molecular complexity index is 627. The SMILES string of the molecule is CN(c1ccc(F)cc1)C(CN)c1ccc2c(c1)CCO2. The number of nitrogens with two attached hydrogens (primary N) is 1. The monoisotopic (exact) mass is 286 g/mol. The molecule has 0 fully saturated rings. The summed E-state index contributed by atoms with van der Waals surface area (Å²) in [6.07, 6.45) is 0.945. The molecule has 4 heteroatoms. The van der Waals surface area contributed by atoms with Crippen molar-refractivity contribution in [3.05, 3.63) is 59.4 Å². The molecule has 0 spiro atoms. The minimum atomic E-state index is -0.230. The third-order valence-electron chi connectivity index (χ3n) is 4.02. The van der Waals surface area contributed by atoms with Crippen LogP contribution < -0.4 is 15.4 Å². The second kappa shape index (κ2) is 5.74. The van der Waals surface area contributed by atoms with Crippen molar-refractivity contribution in [1.29, 1.82) is 0 Å². The molecule has 3 nitrogen and oxygen atoms in total. The average molecular weight is 286 g/mol. The highest BCUT2D eigenvalue weighted by Crippen LogP contribution is 2.31. The van der Waals surface area contributed by atoms with E-state index in [4.69, 9.17) is 10.5 Å². The molecule has 1 heterocycles. The van der Waals surface area contributed by atoms with Crippen LogP contribution in [0.2, 0.25) is 0 Å². The molecule has 2 N–H and O–H groups in total. The molecule has 0 radical (unpaired) electrons. The molecule has 0 saturated carbocycles. The normalized spacial score (nSPS) is 14.4. The van der Waals surface area contributed by atoms with Crippen LogP contribution in [-0.4, -0.2) is 20.2 Å². The van der Waals surface area contributed by atoms with Crippen LogP contribution in [0.15, 0.2) is 42.5 Å². The van der Waals surface area contributed by atoms with Crippen molar-refractivity contribution in [3.63, 3.8) is 0 Å². The largest absolute Gasteiger partial charge is 0.493 e. The van der Waals surface area contributed by atoms with Gasteiger partial charge in [-0.05, 0) is 47.5 Å². The number of ether oxygens (including phenoxy) is 1. The van der Waals surface area contributed by atoms with E-state index in [9.17, 15) is 4.39 Å². The molecular weight excluding hydrogens is 267 g/mol. The number of hydrogen-bond acceptors (Lipinski definition) is 3. The Morgan fingerprint density at radius 3 is 2.71 bits per heavy atom. The quantitative estimate of drug-likeness (QED) is 0.939. The summed E-state index contributed by atoms with van der Waals surface area (Å²) in [5.74, 6) is 0.741. The van der Waals surface area contributed by atoms with Crippen molar-refractivity contribution < 1.29 is 9.13 Å². The van der Waals surface area contributed by atoms with Crippen LogP contribution in [0.4, 0.5) is 10.1 Å². The highest BCUT2D eigenvalue weighted by atomic mass is 19.1. The molecule has 2 aromatic rings. The van der Waals surface area contributed by atoms with Crippen LogP contribution in [0.3, 0.4) is 0 Å². The third-order valence-corrected chi connectivity index (χ3v) is 4.02. The topological polar surface area (TPSA) is 38.5 Å². The molecule has 1 aliphatic rings. The summed E-state index contributed by atoms with van der Waals surface area (Å²) in [6, 6.07) is 12.8. The summed E-state index contributed by atoms with van der Waals surface area (Å²) >= 11 is 0. The van der Waals surface area contributed by atoms with Crippen molar-refractivity contribution in [3.8, 4) is 5.75 Å². The molecule has 21 heavy (non-hydrogen) atoms. The predicted octanol–water partition coefficient (Wildman–Crippen LogP) is 2.90. The molecule has 0 aliphatic carbocycles. The van der Waals surface area contributed by atoms with Crippen molar-refractivity contribution in [2.75, 3.05) is 25.1 Å². The first-order valence-electron chi connectivity index (χ1n) is 7.13. The fraction of sp³-hybridized carbons (Fsp3) is 0.294. The first-order valence-corrected chi connectivity index (χ1v) is 7.13. The molecule has 0 saturated heterocycles. The average Bonchev–Trinajstić information content (AvgIpc) is 2.96. The summed E-state index contributed by atoms with van der Waals surface area (Å²) in [4.78, 5) is 2.08. The van der Waals surface area contributed by atoms with Crippen molar-refractivity contribution >= 4 is 5.69 Å². The molecule has 0 amide bonds. The van der Waals surface area contributed by atoms with Gasteiger partial charge in [-0.2, -0.15) is 0 Å². The van der Waals surface area contributed by atoms with Gasteiger partial charge in [0.15, 0.2) is 0 Å². The lowest BCUT2D eigenvalue weighted by Gasteiger charge is -2.29. The van der Waals surface area contributed by atoms with E-state index in [0.717, 1.165) is 30.0 Å². The van der Waals surface area contributed by atoms with Gasteiger partial charge in [-0.1, -0.05) is 6.07 Å². The van der Waals surface area contributed by atoms with Crippen LogP contribution in [0, 0.1) is 5.82 Å². The highest BCUT2D eigenvalue weighted by Gasteiger charge is 2.19. The maximum Gasteiger partial charge on any atom is 0.123 e. The molecule has 3 rings (SSSR count). The maximum absolute atomic E-state index is 13.0.